The number of hydrogen-bond donors (Lipinski definition) is 0. The Hall–Kier alpha value is -0.640. The van der Waals surface area contributed by atoms with Crippen LogP contribution in [0.5, 0.6) is 0 Å². The first-order chi connectivity index (χ1) is 4.70. The number of rotatable bonds is 3. The summed E-state index contributed by atoms with van der Waals surface area (Å²) >= 11 is 4.69. The van der Waals surface area contributed by atoms with Crippen LogP contribution in [0.1, 0.15) is 13.3 Å². The normalized spacial score (nSPS) is 8.60. The molecule has 0 heterocycles. The van der Waals surface area contributed by atoms with Gasteiger partial charge in [-0.15, -0.1) is 0 Å². The maximum Gasteiger partial charge on any atom is 0.343 e. The summed E-state index contributed by atoms with van der Waals surface area (Å²) in [6.45, 7) is 1.78. The Morgan fingerprint density at radius 3 is 2.60 bits per heavy atom. The minimum absolute atomic E-state index is 0.0802. The predicted molar refractivity (Wildman–Crippen MR) is 40.9 cm³/mol. The Kier molecular flexibility index (Phi) is 4.84. The van der Waals surface area contributed by atoms with E-state index in [1.54, 1.807) is 0 Å². The molecule has 0 aromatic carbocycles. The van der Waals surface area contributed by atoms with Gasteiger partial charge in [0.2, 0.25) is 0 Å². The molecular formula is C6H10O3S. The molecule has 10 heavy (non-hydrogen) atoms. The van der Waals surface area contributed by atoms with Gasteiger partial charge < -0.3 is 9.47 Å². The smallest absolute Gasteiger partial charge is 0.343 e. The van der Waals surface area contributed by atoms with E-state index in [4.69, 9.17) is 17.0 Å². The lowest BCUT2D eigenvalue weighted by atomic mass is 10.5. The SMILES string of the molecule is CCC(=S)OCC(=O)OC. The average molecular weight is 162 g/mol. The van der Waals surface area contributed by atoms with Crippen molar-refractivity contribution in [3.05, 3.63) is 0 Å². The maximum absolute atomic E-state index is 10.4. The number of ether oxygens (including phenoxy) is 2. The highest BCUT2D eigenvalue weighted by Gasteiger charge is 2.00. The highest BCUT2D eigenvalue weighted by Crippen LogP contribution is 1.88. The van der Waals surface area contributed by atoms with E-state index in [2.05, 4.69) is 4.74 Å². The van der Waals surface area contributed by atoms with Gasteiger partial charge in [0.15, 0.2) is 11.7 Å². The minimum atomic E-state index is -0.407. The van der Waals surface area contributed by atoms with Crippen molar-refractivity contribution in [2.75, 3.05) is 13.7 Å². The van der Waals surface area contributed by atoms with Gasteiger partial charge in [-0.25, -0.2) is 4.79 Å². The summed E-state index contributed by atoms with van der Waals surface area (Å²) in [5.74, 6) is -0.407. The fourth-order valence-electron chi connectivity index (χ4n) is 0.300. The summed E-state index contributed by atoms with van der Waals surface area (Å²) < 4.78 is 9.12. The molecule has 0 rings (SSSR count). The standard InChI is InChI=1S/C6H10O3S/c1-3-6(10)9-4-5(7)8-2/h3-4H2,1-2H3. The van der Waals surface area contributed by atoms with Crippen molar-refractivity contribution >= 4 is 23.2 Å². The third-order valence-electron chi connectivity index (χ3n) is 0.867. The van der Waals surface area contributed by atoms with E-state index in [0.717, 1.165) is 0 Å². The summed E-state index contributed by atoms with van der Waals surface area (Å²) in [7, 11) is 1.31. The van der Waals surface area contributed by atoms with Gasteiger partial charge in [-0.1, -0.05) is 6.92 Å². The average Bonchev–Trinajstić information content (AvgIpc) is 1.99. The van der Waals surface area contributed by atoms with Crippen molar-refractivity contribution in [2.24, 2.45) is 0 Å². The monoisotopic (exact) mass is 162 g/mol. The Morgan fingerprint density at radius 2 is 2.20 bits per heavy atom. The second-order valence-electron chi connectivity index (χ2n) is 1.59. The van der Waals surface area contributed by atoms with Crippen LogP contribution in [0.2, 0.25) is 0 Å². The van der Waals surface area contributed by atoms with Crippen LogP contribution in [0.3, 0.4) is 0 Å². The highest BCUT2D eigenvalue weighted by atomic mass is 32.1. The second kappa shape index (κ2) is 5.17. The summed E-state index contributed by atoms with van der Waals surface area (Å²) in [6, 6.07) is 0. The lowest BCUT2D eigenvalue weighted by molar-refractivity contribution is -0.143. The highest BCUT2D eigenvalue weighted by molar-refractivity contribution is 7.80. The van der Waals surface area contributed by atoms with Crippen LogP contribution in [-0.4, -0.2) is 24.7 Å². The van der Waals surface area contributed by atoms with Crippen LogP contribution in [0.15, 0.2) is 0 Å². The van der Waals surface area contributed by atoms with Crippen LogP contribution >= 0.6 is 12.2 Å². The zero-order chi connectivity index (χ0) is 7.98. The van der Waals surface area contributed by atoms with Gasteiger partial charge in [-0.05, 0) is 12.2 Å². The zero-order valence-electron chi connectivity index (χ0n) is 6.05. The van der Waals surface area contributed by atoms with Crippen LogP contribution in [-0.2, 0) is 14.3 Å². The Bertz CT molecular complexity index is 117. The van der Waals surface area contributed by atoms with Gasteiger partial charge in [0.1, 0.15) is 0 Å². The molecule has 0 radical (unpaired) electrons. The molecule has 0 bridgehead atoms. The zero-order valence-corrected chi connectivity index (χ0v) is 6.86. The van der Waals surface area contributed by atoms with E-state index in [0.29, 0.717) is 11.5 Å². The van der Waals surface area contributed by atoms with E-state index >= 15 is 0 Å². The van der Waals surface area contributed by atoms with Crippen molar-refractivity contribution in [1.82, 2.24) is 0 Å². The number of esters is 1. The first-order valence-electron chi connectivity index (χ1n) is 2.93. The number of hydrogen-bond acceptors (Lipinski definition) is 4. The molecule has 0 saturated carbocycles. The molecule has 0 aliphatic carbocycles. The van der Waals surface area contributed by atoms with Crippen LogP contribution < -0.4 is 0 Å². The van der Waals surface area contributed by atoms with Crippen molar-refractivity contribution in [3.63, 3.8) is 0 Å². The molecule has 0 atom stereocenters. The lowest BCUT2D eigenvalue weighted by Crippen LogP contribution is -2.12. The van der Waals surface area contributed by atoms with Gasteiger partial charge in [0.25, 0.3) is 0 Å². The van der Waals surface area contributed by atoms with Gasteiger partial charge in [0.05, 0.1) is 7.11 Å². The molecule has 0 saturated heterocycles. The van der Waals surface area contributed by atoms with E-state index in [1.807, 2.05) is 6.92 Å². The second-order valence-corrected chi connectivity index (χ2v) is 2.05. The first kappa shape index (κ1) is 9.36. The quantitative estimate of drug-likeness (QED) is 0.456. The predicted octanol–water partition coefficient (Wildman–Crippen LogP) is 0.913. The molecule has 0 fully saturated rings. The molecular weight excluding hydrogens is 152 g/mol. The Morgan fingerprint density at radius 1 is 1.60 bits per heavy atom. The molecule has 0 unspecified atom stereocenters. The third-order valence-corrected chi connectivity index (χ3v) is 1.27. The Balaban J connectivity index is 3.35. The molecule has 0 aromatic heterocycles. The van der Waals surface area contributed by atoms with Crippen molar-refractivity contribution in [3.8, 4) is 0 Å². The molecule has 0 amide bonds. The lowest BCUT2D eigenvalue weighted by Gasteiger charge is -2.02. The van der Waals surface area contributed by atoms with Crippen LogP contribution in [0.25, 0.3) is 0 Å². The fraction of sp³-hybridized carbons (Fsp3) is 0.667. The maximum atomic E-state index is 10.4. The van der Waals surface area contributed by atoms with Gasteiger partial charge in [0, 0.05) is 6.42 Å². The number of carbonyl (C=O) groups excluding carboxylic acids is 1. The van der Waals surface area contributed by atoms with Crippen molar-refractivity contribution in [1.29, 1.82) is 0 Å². The molecule has 3 nitrogen and oxygen atoms in total. The van der Waals surface area contributed by atoms with Gasteiger partial charge in [-0.3, -0.25) is 0 Å². The number of thiocarbonyl (C=S) groups is 1. The van der Waals surface area contributed by atoms with E-state index in [9.17, 15) is 4.79 Å². The summed E-state index contributed by atoms with van der Waals surface area (Å²) in [5, 5.41) is 0.436. The van der Waals surface area contributed by atoms with Crippen LogP contribution in [0.4, 0.5) is 0 Å². The van der Waals surface area contributed by atoms with Gasteiger partial charge >= 0.3 is 5.97 Å². The minimum Gasteiger partial charge on any atom is -0.475 e. The van der Waals surface area contributed by atoms with E-state index < -0.39 is 5.97 Å². The molecule has 58 valence electrons. The molecule has 0 aromatic rings. The van der Waals surface area contributed by atoms with Crippen molar-refractivity contribution in [2.45, 2.75) is 13.3 Å². The molecule has 4 heteroatoms. The van der Waals surface area contributed by atoms with E-state index in [-0.39, 0.29) is 6.61 Å². The van der Waals surface area contributed by atoms with E-state index in [1.165, 1.54) is 7.11 Å². The topological polar surface area (TPSA) is 35.5 Å². The third kappa shape index (κ3) is 4.26. The molecule has 0 spiro atoms. The first-order valence-corrected chi connectivity index (χ1v) is 3.34. The fourth-order valence-corrected chi connectivity index (χ4v) is 0.359. The number of methoxy groups -OCH3 is 1. The summed E-state index contributed by atoms with van der Waals surface area (Å²) in [5.41, 5.74) is 0. The molecule has 0 aliphatic rings. The largest absolute Gasteiger partial charge is 0.475 e. The summed E-state index contributed by atoms with van der Waals surface area (Å²) in [6.07, 6.45) is 0.645. The van der Waals surface area contributed by atoms with Crippen LogP contribution in [0, 0.1) is 0 Å². The Labute approximate surface area is 65.3 Å². The molecule has 0 N–H and O–H groups in total. The van der Waals surface area contributed by atoms with Crippen molar-refractivity contribution < 1.29 is 14.3 Å². The number of carbonyl (C=O) groups is 1. The summed E-state index contributed by atoms with van der Waals surface area (Å²) in [4.78, 5) is 10.4. The van der Waals surface area contributed by atoms with Gasteiger partial charge in [-0.2, -0.15) is 0 Å². The molecule has 0 aliphatic heterocycles.